The third-order valence-corrected chi connectivity index (χ3v) is 15.3. The number of anilines is 1. The number of fused-ring (bicyclic) bond motifs is 4. The molecule has 0 saturated heterocycles. The number of Topliss-reactive ketones (excluding diaryl/α,β-unsaturated/α-hetero) is 1. The lowest BCUT2D eigenvalue weighted by molar-refractivity contribution is -0.137. The van der Waals surface area contributed by atoms with Gasteiger partial charge in [-0.05, 0) is 98.5 Å². The summed E-state index contributed by atoms with van der Waals surface area (Å²) < 4.78 is 23.6. The lowest BCUT2D eigenvalue weighted by Crippen LogP contribution is -2.46. The fourth-order valence-electron chi connectivity index (χ4n) is 10.1. The van der Waals surface area contributed by atoms with E-state index in [2.05, 4.69) is 16.0 Å². The van der Waals surface area contributed by atoms with Crippen molar-refractivity contribution in [3.05, 3.63) is 113 Å². The highest BCUT2D eigenvalue weighted by molar-refractivity contribution is 6.19. The summed E-state index contributed by atoms with van der Waals surface area (Å²) in [6.07, 6.45) is 3.01. The third-order valence-electron chi connectivity index (χ3n) is 14.9. The summed E-state index contributed by atoms with van der Waals surface area (Å²) in [6, 6.07) is 21.6. The Bertz CT molecular complexity index is 3260. The number of hydrogen-bond donors (Lipinski definition) is 4. The second kappa shape index (κ2) is 30.4. The van der Waals surface area contributed by atoms with Crippen molar-refractivity contribution in [2.24, 2.45) is 17.6 Å². The van der Waals surface area contributed by atoms with E-state index in [9.17, 15) is 43.2 Å². The van der Waals surface area contributed by atoms with E-state index in [1.165, 1.54) is 22.0 Å². The highest BCUT2D eigenvalue weighted by Gasteiger charge is 2.37. The van der Waals surface area contributed by atoms with Gasteiger partial charge in [-0.3, -0.25) is 33.7 Å². The van der Waals surface area contributed by atoms with E-state index in [1.807, 2.05) is 63.2 Å². The third kappa shape index (κ3) is 17.5. The molecule has 2 aliphatic rings. The van der Waals surface area contributed by atoms with E-state index < -0.39 is 42.0 Å². The van der Waals surface area contributed by atoms with Crippen LogP contribution in [-0.4, -0.2) is 166 Å². The first-order chi connectivity index (χ1) is 40.7. The molecule has 3 heterocycles. The number of alkyl halides is 1. The van der Waals surface area contributed by atoms with Gasteiger partial charge in [-0.1, -0.05) is 62.4 Å². The first-order valence-electron chi connectivity index (χ1n) is 28.5. The molecular formula is C62H76ClN9O13. The van der Waals surface area contributed by atoms with Gasteiger partial charge in [0.25, 0.3) is 17.7 Å². The van der Waals surface area contributed by atoms with Gasteiger partial charge >= 0.3 is 18.2 Å². The molecule has 2 aliphatic heterocycles. The standard InChI is InChI=1S/C62H76ClN9O13/c1-39(2)45(14-9-25-65-54(74)16-11-27-71-55(75)23-24-56(71)76)58(77)67-48(15-10-26-66-60(64)79)50(73)32-40-17-19-41(20-18-40)38-83-61(80)69(5)28-29-70(6)62(81)85-52-35-49-57(47-13-8-7-12-46(47)52)43(36-63)37-72(49)59(78)53-34-42-33-44(21-22-51(42)84-53)82-31-30-68(3)4/h7-8,12-13,17-24,33-35,39,43,45,48H,9-11,14-16,25-32,36-38H2,1-6H3,(H,65,74)(H,67,77)(H3,64,66,79)/t43-,45+,48+/m1/s1. The van der Waals surface area contributed by atoms with E-state index in [0.29, 0.717) is 77.8 Å². The molecule has 85 heavy (non-hydrogen) atoms. The molecule has 0 radical (unpaired) electrons. The quantitative estimate of drug-likeness (QED) is 0.0202. The summed E-state index contributed by atoms with van der Waals surface area (Å²) in [7, 11) is 7.02. The van der Waals surface area contributed by atoms with Crippen molar-refractivity contribution < 1.29 is 61.8 Å². The number of imide groups is 1. The Hall–Kier alpha value is -8.50. The Balaban J connectivity index is 0.885. The van der Waals surface area contributed by atoms with Crippen LogP contribution in [0, 0.1) is 11.8 Å². The van der Waals surface area contributed by atoms with Gasteiger partial charge in [0.05, 0.1) is 11.7 Å². The number of carbonyl (C=O) groups is 9. The van der Waals surface area contributed by atoms with Crippen LogP contribution in [0.1, 0.15) is 85.5 Å². The summed E-state index contributed by atoms with van der Waals surface area (Å²) in [5.74, 6) is -1.49. The van der Waals surface area contributed by atoms with Crippen LogP contribution in [0.5, 0.6) is 11.5 Å². The number of carbonyl (C=O) groups excluding carboxylic acids is 9. The molecule has 1 aromatic heterocycles. The van der Waals surface area contributed by atoms with Crippen LogP contribution in [0.25, 0.3) is 21.7 Å². The predicted molar refractivity (Wildman–Crippen MR) is 320 cm³/mol. The number of primary amides is 1. The van der Waals surface area contributed by atoms with Crippen molar-refractivity contribution in [3.8, 4) is 11.5 Å². The fraction of sp³-hybridized carbons (Fsp3) is 0.435. The largest absolute Gasteiger partial charge is 0.492 e. The van der Waals surface area contributed by atoms with Gasteiger partial charge < -0.3 is 59.9 Å². The maximum Gasteiger partial charge on any atom is 0.415 e. The maximum absolute atomic E-state index is 14.3. The summed E-state index contributed by atoms with van der Waals surface area (Å²) in [5.41, 5.74) is 8.49. The number of nitrogens with zero attached hydrogens (tertiary/aromatic N) is 5. The van der Waals surface area contributed by atoms with Gasteiger partial charge in [0, 0.05) is 119 Å². The predicted octanol–water partition coefficient (Wildman–Crippen LogP) is 7.13. The molecule has 3 atom stereocenters. The van der Waals surface area contributed by atoms with Crippen LogP contribution in [0.4, 0.5) is 20.1 Å². The number of amides is 9. The van der Waals surface area contributed by atoms with Crippen LogP contribution in [0.15, 0.2) is 95.4 Å². The highest BCUT2D eigenvalue weighted by atomic mass is 35.5. The van der Waals surface area contributed by atoms with Crippen molar-refractivity contribution in [3.63, 3.8) is 0 Å². The molecule has 454 valence electrons. The Kier molecular flexibility index (Phi) is 22.9. The summed E-state index contributed by atoms with van der Waals surface area (Å²) >= 11 is 6.55. The van der Waals surface area contributed by atoms with Gasteiger partial charge in [0.15, 0.2) is 11.5 Å². The number of nitrogens with two attached hydrogens (primary N) is 1. The second-order valence-corrected chi connectivity index (χ2v) is 22.2. The van der Waals surface area contributed by atoms with E-state index in [0.717, 1.165) is 22.4 Å². The number of hydrogen-bond acceptors (Lipinski definition) is 14. The summed E-state index contributed by atoms with van der Waals surface area (Å²) in [5, 5.41) is 10.4. The molecule has 0 aliphatic carbocycles. The summed E-state index contributed by atoms with van der Waals surface area (Å²) in [6.45, 7) is 6.08. The number of likely N-dealkylation sites (N-methyl/N-ethyl adjacent to an activating group) is 3. The van der Waals surface area contributed by atoms with E-state index >= 15 is 0 Å². The monoisotopic (exact) mass is 1190 g/mol. The number of nitrogens with one attached hydrogen (secondary N) is 3. The Morgan fingerprint density at radius 1 is 0.788 bits per heavy atom. The molecule has 0 unspecified atom stereocenters. The summed E-state index contributed by atoms with van der Waals surface area (Å²) in [4.78, 5) is 123. The van der Waals surface area contributed by atoms with Gasteiger partial charge in [-0.15, -0.1) is 11.6 Å². The van der Waals surface area contributed by atoms with Crippen LogP contribution < -0.4 is 36.1 Å². The van der Waals surface area contributed by atoms with Crippen molar-refractivity contribution in [2.45, 2.75) is 77.4 Å². The number of furan rings is 1. The average molecular weight is 1190 g/mol. The zero-order chi connectivity index (χ0) is 61.3. The smallest absolute Gasteiger partial charge is 0.415 e. The number of ether oxygens (including phenoxy) is 3. The van der Waals surface area contributed by atoms with Gasteiger partial charge in [-0.2, -0.15) is 0 Å². The van der Waals surface area contributed by atoms with Gasteiger partial charge in [0.2, 0.25) is 11.8 Å². The highest BCUT2D eigenvalue weighted by Crippen LogP contribution is 2.46. The van der Waals surface area contributed by atoms with Crippen LogP contribution >= 0.6 is 11.6 Å². The minimum absolute atomic E-state index is 0.0176. The number of rotatable bonds is 30. The van der Waals surface area contributed by atoms with Crippen LogP contribution in [0.2, 0.25) is 0 Å². The minimum atomic E-state index is -0.874. The number of urea groups is 1. The Morgan fingerprint density at radius 2 is 1.46 bits per heavy atom. The zero-order valence-corrected chi connectivity index (χ0v) is 49.7. The number of benzene rings is 4. The van der Waals surface area contributed by atoms with Crippen LogP contribution in [0.3, 0.4) is 0 Å². The molecule has 5 N–H and O–H groups in total. The van der Waals surface area contributed by atoms with Crippen molar-refractivity contribution in [1.29, 1.82) is 0 Å². The Morgan fingerprint density at radius 3 is 2.14 bits per heavy atom. The Labute approximate surface area is 499 Å². The lowest BCUT2D eigenvalue weighted by Gasteiger charge is -2.24. The molecule has 22 nitrogen and oxygen atoms in total. The molecule has 0 bridgehead atoms. The average Bonchev–Trinajstić information content (AvgIpc) is 1.93. The van der Waals surface area contributed by atoms with Gasteiger partial charge in [0.1, 0.15) is 30.3 Å². The molecule has 0 saturated carbocycles. The minimum Gasteiger partial charge on any atom is -0.492 e. The molecule has 4 aromatic carbocycles. The molecule has 5 aromatic rings. The number of halogens is 1. The van der Waals surface area contributed by atoms with Crippen molar-refractivity contribution in [1.82, 2.24) is 35.6 Å². The molecule has 0 fully saturated rings. The zero-order valence-electron chi connectivity index (χ0n) is 49.0. The fourth-order valence-corrected chi connectivity index (χ4v) is 10.3. The van der Waals surface area contributed by atoms with E-state index in [-0.39, 0.29) is 111 Å². The molecule has 9 amide bonds. The SMILES string of the molecule is CC(C)[C@H](CCCNC(=O)CCCN1C(=O)C=CC1=O)C(=O)N[C@@H](CCCNC(N)=O)C(=O)Cc1ccc(COC(=O)N(C)CCN(C)C(=O)Oc2cc3c(c4ccccc24)[C@H](CCl)CN3C(=O)c2cc3cc(OCCN(C)C)ccc3o2)cc1. The first-order valence-corrected chi connectivity index (χ1v) is 29.0. The van der Waals surface area contributed by atoms with Crippen molar-refractivity contribution in [2.75, 3.05) is 91.4 Å². The molecular weight excluding hydrogens is 1110 g/mol. The normalized spacial score (nSPS) is 14.4. The van der Waals surface area contributed by atoms with E-state index in [4.69, 9.17) is 36.0 Å². The van der Waals surface area contributed by atoms with Gasteiger partial charge in [-0.25, -0.2) is 14.4 Å². The maximum atomic E-state index is 14.3. The molecule has 23 heteroatoms. The number of ketones is 1. The second-order valence-electron chi connectivity index (χ2n) is 21.9. The lowest BCUT2D eigenvalue weighted by atomic mass is 9.89. The topological polar surface area (TPSA) is 273 Å². The first kappa shape index (κ1) is 64.1. The van der Waals surface area contributed by atoms with E-state index in [1.54, 1.807) is 67.5 Å². The van der Waals surface area contributed by atoms with Crippen LogP contribution in [-0.2, 0) is 41.7 Å². The van der Waals surface area contributed by atoms with Crippen molar-refractivity contribution >= 4 is 92.6 Å². The molecule has 0 spiro atoms. The molecule has 7 rings (SSSR count).